The van der Waals surface area contributed by atoms with Gasteiger partial charge in [0.2, 0.25) is 11.6 Å². The molecular formula is C28H42O8. The number of methoxy groups -OCH3 is 1. The lowest BCUT2D eigenvalue weighted by atomic mass is 10.1. The van der Waals surface area contributed by atoms with Crippen LogP contribution in [0.4, 0.5) is 0 Å². The van der Waals surface area contributed by atoms with Crippen molar-refractivity contribution in [3.63, 3.8) is 0 Å². The minimum atomic E-state index is -2.26. The minimum Gasteiger partial charge on any atom is -0.496 e. The highest BCUT2D eigenvalue weighted by Crippen LogP contribution is 2.28. The Kier molecular flexibility index (Phi) is 14.1. The second kappa shape index (κ2) is 16.2. The summed E-state index contributed by atoms with van der Waals surface area (Å²) in [6.07, 6.45) is 13.3. The Hall–Kier alpha value is -2.65. The second-order valence-corrected chi connectivity index (χ2v) is 8.90. The van der Waals surface area contributed by atoms with E-state index in [4.69, 9.17) is 14.2 Å². The van der Waals surface area contributed by atoms with Crippen LogP contribution in [-0.2, 0) is 4.79 Å². The highest BCUT2D eigenvalue weighted by atomic mass is 16.5. The number of esters is 1. The molecule has 1 aromatic carbocycles. The van der Waals surface area contributed by atoms with Crippen molar-refractivity contribution >= 4 is 5.97 Å². The van der Waals surface area contributed by atoms with E-state index in [1.54, 1.807) is 37.5 Å². The van der Waals surface area contributed by atoms with Crippen LogP contribution < -0.4 is 14.2 Å². The molecule has 0 bridgehead atoms. The number of unbranched alkanes of at least 4 members (excludes halogenated alkanes) is 5. The van der Waals surface area contributed by atoms with Crippen LogP contribution in [0.5, 0.6) is 17.2 Å². The van der Waals surface area contributed by atoms with Crippen molar-refractivity contribution in [3.8, 4) is 17.2 Å². The van der Waals surface area contributed by atoms with E-state index in [0.29, 0.717) is 42.9 Å². The molecule has 8 nitrogen and oxygen atoms in total. The smallest absolute Gasteiger partial charge is 0.311 e. The highest BCUT2D eigenvalue weighted by Gasteiger charge is 2.19. The first-order valence-electron chi connectivity index (χ1n) is 12.5. The molecule has 0 saturated carbocycles. The maximum atomic E-state index is 12.2. The van der Waals surface area contributed by atoms with Gasteiger partial charge in [0, 0.05) is 24.6 Å². The third-order valence-corrected chi connectivity index (χ3v) is 4.98. The van der Waals surface area contributed by atoms with Gasteiger partial charge in [-0.3, -0.25) is 4.79 Å². The standard InChI is InChI=1S/C28H42O8/c1-5-6-15-27(30,31)17-18-28(32,33)16-13-11-9-7-8-10-12-14-26(29)36-25-20-23(34-4)19-24(21-25)35-22(2)3/h6,13,15-22,30-33H,5,7-12,14H2,1-4H3/b15-6-,16-13-,18-17-. The van der Waals surface area contributed by atoms with Crippen molar-refractivity contribution in [1.29, 1.82) is 0 Å². The lowest BCUT2D eigenvalue weighted by Gasteiger charge is -2.16. The number of carbonyl (C=O) groups excluding carboxylic acids is 1. The zero-order valence-corrected chi connectivity index (χ0v) is 21.9. The molecular weight excluding hydrogens is 464 g/mol. The summed E-state index contributed by atoms with van der Waals surface area (Å²) in [5.74, 6) is -3.28. The molecule has 0 fully saturated rings. The van der Waals surface area contributed by atoms with Crippen LogP contribution in [0.15, 0.2) is 54.7 Å². The molecule has 0 atom stereocenters. The number of rotatable bonds is 17. The Morgan fingerprint density at radius 1 is 0.833 bits per heavy atom. The molecule has 0 aliphatic heterocycles. The molecule has 0 heterocycles. The van der Waals surface area contributed by atoms with Crippen LogP contribution in [0.3, 0.4) is 0 Å². The zero-order chi connectivity index (χ0) is 27.0. The van der Waals surface area contributed by atoms with E-state index >= 15 is 0 Å². The minimum absolute atomic E-state index is 0.0105. The Balaban J connectivity index is 2.28. The number of carbonyl (C=O) groups is 1. The van der Waals surface area contributed by atoms with Gasteiger partial charge in [0.1, 0.15) is 17.2 Å². The first kappa shape index (κ1) is 31.4. The zero-order valence-electron chi connectivity index (χ0n) is 21.9. The molecule has 0 spiro atoms. The van der Waals surface area contributed by atoms with Gasteiger partial charge in [0.05, 0.1) is 13.2 Å². The summed E-state index contributed by atoms with van der Waals surface area (Å²) >= 11 is 0. The normalized spacial score (nSPS) is 12.8. The Bertz CT molecular complexity index is 868. The summed E-state index contributed by atoms with van der Waals surface area (Å²) in [4.78, 5) is 12.2. The van der Waals surface area contributed by atoms with Crippen LogP contribution >= 0.6 is 0 Å². The first-order valence-corrected chi connectivity index (χ1v) is 12.5. The van der Waals surface area contributed by atoms with E-state index in [1.165, 1.54) is 12.2 Å². The molecule has 0 aromatic heterocycles. The average Bonchev–Trinajstić information content (AvgIpc) is 2.80. The SMILES string of the molecule is CC/C=C\C(O)(O)/C=C\C(O)(O)/C=C\CCCCCCCC(=O)Oc1cc(OC)cc(OC(C)C)c1. The van der Waals surface area contributed by atoms with Gasteiger partial charge in [-0.15, -0.1) is 0 Å². The van der Waals surface area contributed by atoms with Crippen molar-refractivity contribution in [3.05, 3.63) is 54.7 Å². The van der Waals surface area contributed by atoms with Gasteiger partial charge in [-0.2, -0.15) is 0 Å². The van der Waals surface area contributed by atoms with E-state index in [1.807, 2.05) is 20.8 Å². The van der Waals surface area contributed by atoms with Crippen LogP contribution in [-0.4, -0.2) is 51.2 Å². The number of allylic oxidation sites excluding steroid dienone is 2. The topological polar surface area (TPSA) is 126 Å². The summed E-state index contributed by atoms with van der Waals surface area (Å²) < 4.78 is 16.3. The summed E-state index contributed by atoms with van der Waals surface area (Å²) in [5, 5.41) is 39.2. The Morgan fingerprint density at radius 3 is 2.00 bits per heavy atom. The molecule has 8 heteroatoms. The lowest BCUT2D eigenvalue weighted by Crippen LogP contribution is -2.26. The maximum absolute atomic E-state index is 12.2. The van der Waals surface area contributed by atoms with Crippen molar-refractivity contribution in [1.82, 2.24) is 0 Å². The lowest BCUT2D eigenvalue weighted by molar-refractivity contribution is -0.134. The molecule has 1 aromatic rings. The van der Waals surface area contributed by atoms with E-state index in [2.05, 4.69) is 0 Å². The van der Waals surface area contributed by atoms with Gasteiger partial charge in [-0.25, -0.2) is 0 Å². The second-order valence-electron chi connectivity index (χ2n) is 8.90. The van der Waals surface area contributed by atoms with Crippen molar-refractivity contribution < 1.29 is 39.4 Å². The van der Waals surface area contributed by atoms with Crippen molar-refractivity contribution in [2.24, 2.45) is 0 Å². The van der Waals surface area contributed by atoms with Crippen LogP contribution in [0.1, 0.15) is 72.1 Å². The van der Waals surface area contributed by atoms with Crippen molar-refractivity contribution in [2.45, 2.75) is 89.8 Å². The summed E-state index contributed by atoms with van der Waals surface area (Å²) in [5.41, 5.74) is 0. The molecule has 0 amide bonds. The summed E-state index contributed by atoms with van der Waals surface area (Å²) in [6, 6.07) is 5.06. The predicted molar refractivity (Wildman–Crippen MR) is 139 cm³/mol. The van der Waals surface area contributed by atoms with Crippen LogP contribution in [0.25, 0.3) is 0 Å². The van der Waals surface area contributed by atoms with E-state index in [9.17, 15) is 25.2 Å². The number of benzene rings is 1. The summed E-state index contributed by atoms with van der Waals surface area (Å²) in [7, 11) is 1.54. The highest BCUT2D eigenvalue weighted by molar-refractivity contribution is 5.72. The van der Waals surface area contributed by atoms with Crippen LogP contribution in [0, 0.1) is 0 Å². The fourth-order valence-electron chi connectivity index (χ4n) is 3.21. The quantitative estimate of drug-likeness (QED) is 0.0797. The largest absolute Gasteiger partial charge is 0.496 e. The third-order valence-electron chi connectivity index (χ3n) is 4.98. The van der Waals surface area contributed by atoms with Gasteiger partial charge in [0.25, 0.3) is 0 Å². The molecule has 0 saturated heterocycles. The van der Waals surface area contributed by atoms with Gasteiger partial charge in [-0.05, 0) is 63.8 Å². The number of hydrogen-bond donors (Lipinski definition) is 4. The fraction of sp³-hybridized carbons (Fsp3) is 0.536. The fourth-order valence-corrected chi connectivity index (χ4v) is 3.21. The number of aliphatic hydroxyl groups is 4. The van der Waals surface area contributed by atoms with Crippen LogP contribution in [0.2, 0.25) is 0 Å². The monoisotopic (exact) mass is 506 g/mol. The molecule has 4 N–H and O–H groups in total. The third kappa shape index (κ3) is 14.7. The molecule has 202 valence electrons. The number of ether oxygens (including phenoxy) is 3. The van der Waals surface area contributed by atoms with Crippen molar-refractivity contribution in [2.75, 3.05) is 7.11 Å². The molecule has 0 aliphatic carbocycles. The predicted octanol–water partition coefficient (Wildman–Crippen LogP) is 4.56. The van der Waals surface area contributed by atoms with Gasteiger partial charge >= 0.3 is 5.97 Å². The number of hydrogen-bond acceptors (Lipinski definition) is 8. The maximum Gasteiger partial charge on any atom is 0.311 e. The van der Waals surface area contributed by atoms with E-state index < -0.39 is 11.6 Å². The molecule has 0 radical (unpaired) electrons. The van der Waals surface area contributed by atoms with Gasteiger partial charge in [-0.1, -0.05) is 38.3 Å². The van der Waals surface area contributed by atoms with E-state index in [-0.39, 0.29) is 12.1 Å². The Labute approximate surface area is 214 Å². The Morgan fingerprint density at radius 2 is 1.39 bits per heavy atom. The van der Waals surface area contributed by atoms with E-state index in [0.717, 1.165) is 37.8 Å². The van der Waals surface area contributed by atoms with Gasteiger partial charge < -0.3 is 34.6 Å². The van der Waals surface area contributed by atoms with Gasteiger partial charge in [0.15, 0.2) is 0 Å². The molecule has 0 unspecified atom stereocenters. The average molecular weight is 507 g/mol. The summed E-state index contributed by atoms with van der Waals surface area (Å²) in [6.45, 7) is 5.67. The molecule has 0 aliphatic rings. The molecule has 36 heavy (non-hydrogen) atoms. The molecule has 1 rings (SSSR count). The first-order chi connectivity index (χ1) is 17.0.